The Morgan fingerprint density at radius 3 is 2.58 bits per heavy atom. The number of rotatable bonds is 3. The molecule has 0 aliphatic heterocycles. The lowest BCUT2D eigenvalue weighted by Crippen LogP contribution is -2.29. The fourth-order valence-corrected chi connectivity index (χ4v) is 2.96. The number of pyridine rings is 1. The maximum absolute atomic E-state index is 6.63. The van der Waals surface area contributed by atoms with Crippen molar-refractivity contribution in [3.05, 3.63) is 59.8 Å². The van der Waals surface area contributed by atoms with Crippen molar-refractivity contribution in [3.63, 3.8) is 0 Å². The van der Waals surface area contributed by atoms with Gasteiger partial charge in [0.25, 0.3) is 0 Å². The molecule has 1 heterocycles. The normalized spacial score (nSPS) is 29.0. The standard InChI is InChI=1S/C16H18N2O/c1-15(12-7-4-3-5-8-12)11-16(15,17)13-9-6-10-18-14(13)19-2/h3-10H,11,17H2,1-2H3. The molecule has 1 fully saturated rings. The van der Waals surface area contributed by atoms with Gasteiger partial charge >= 0.3 is 0 Å². The first-order chi connectivity index (χ1) is 9.12. The SMILES string of the molecule is COc1ncccc1C1(N)CC1(C)c1ccccc1. The van der Waals surface area contributed by atoms with Crippen LogP contribution >= 0.6 is 0 Å². The molecule has 2 unspecified atom stereocenters. The fraction of sp³-hybridized carbons (Fsp3) is 0.312. The van der Waals surface area contributed by atoms with Crippen LogP contribution in [0.2, 0.25) is 0 Å². The Hall–Kier alpha value is -1.87. The molecule has 2 aromatic rings. The quantitative estimate of drug-likeness (QED) is 0.916. The lowest BCUT2D eigenvalue weighted by atomic mass is 9.89. The average Bonchev–Trinajstić information content (AvgIpc) is 3.05. The van der Waals surface area contributed by atoms with Gasteiger partial charge in [-0.1, -0.05) is 43.3 Å². The Bertz CT molecular complexity index is 599. The molecule has 1 saturated carbocycles. The van der Waals surface area contributed by atoms with Gasteiger partial charge in [-0.3, -0.25) is 0 Å². The predicted molar refractivity (Wildman–Crippen MR) is 75.1 cm³/mol. The maximum atomic E-state index is 6.63. The van der Waals surface area contributed by atoms with Crippen molar-refractivity contribution in [2.45, 2.75) is 24.3 Å². The highest BCUT2D eigenvalue weighted by atomic mass is 16.5. The Morgan fingerprint density at radius 1 is 1.16 bits per heavy atom. The topological polar surface area (TPSA) is 48.1 Å². The van der Waals surface area contributed by atoms with Gasteiger partial charge in [-0.2, -0.15) is 0 Å². The highest BCUT2D eigenvalue weighted by Crippen LogP contribution is 2.62. The second-order valence-corrected chi connectivity index (χ2v) is 5.41. The number of benzene rings is 1. The van der Waals surface area contributed by atoms with E-state index in [-0.39, 0.29) is 5.41 Å². The lowest BCUT2D eigenvalue weighted by Gasteiger charge is -2.21. The van der Waals surface area contributed by atoms with Crippen LogP contribution in [0.4, 0.5) is 0 Å². The van der Waals surface area contributed by atoms with Crippen molar-refractivity contribution in [2.75, 3.05) is 7.11 Å². The highest BCUT2D eigenvalue weighted by Gasteiger charge is 2.64. The van der Waals surface area contributed by atoms with Crippen molar-refractivity contribution < 1.29 is 4.74 Å². The molecule has 0 spiro atoms. The van der Waals surface area contributed by atoms with Crippen LogP contribution in [-0.2, 0) is 11.0 Å². The third-order valence-corrected chi connectivity index (χ3v) is 4.35. The summed E-state index contributed by atoms with van der Waals surface area (Å²) in [5.41, 5.74) is 8.45. The van der Waals surface area contributed by atoms with E-state index >= 15 is 0 Å². The summed E-state index contributed by atoms with van der Waals surface area (Å²) in [7, 11) is 1.64. The Labute approximate surface area is 113 Å². The van der Waals surface area contributed by atoms with Crippen LogP contribution in [0, 0.1) is 0 Å². The molecule has 3 rings (SSSR count). The molecule has 98 valence electrons. The molecule has 2 atom stereocenters. The summed E-state index contributed by atoms with van der Waals surface area (Å²) >= 11 is 0. The van der Waals surface area contributed by atoms with Gasteiger partial charge < -0.3 is 10.5 Å². The summed E-state index contributed by atoms with van der Waals surface area (Å²) in [6.07, 6.45) is 2.64. The molecule has 0 amide bonds. The smallest absolute Gasteiger partial charge is 0.218 e. The minimum absolute atomic E-state index is 0.0510. The van der Waals surface area contributed by atoms with Gasteiger partial charge in [0.2, 0.25) is 5.88 Å². The zero-order valence-corrected chi connectivity index (χ0v) is 11.3. The summed E-state index contributed by atoms with van der Waals surface area (Å²) in [6, 6.07) is 14.3. The summed E-state index contributed by atoms with van der Waals surface area (Å²) in [5.74, 6) is 0.629. The molecule has 3 heteroatoms. The number of ether oxygens (including phenoxy) is 1. The minimum atomic E-state index is -0.395. The Kier molecular flexibility index (Phi) is 2.61. The minimum Gasteiger partial charge on any atom is -0.481 e. The Balaban J connectivity index is 2.04. The number of aromatic nitrogens is 1. The molecule has 1 aliphatic carbocycles. The predicted octanol–water partition coefficient (Wildman–Crippen LogP) is 2.61. The zero-order chi connectivity index (χ0) is 13.5. The van der Waals surface area contributed by atoms with Gasteiger partial charge in [0.1, 0.15) is 0 Å². The van der Waals surface area contributed by atoms with Gasteiger partial charge in [0, 0.05) is 17.2 Å². The molecular formula is C16H18N2O. The van der Waals surface area contributed by atoms with E-state index in [9.17, 15) is 0 Å². The van der Waals surface area contributed by atoms with Gasteiger partial charge in [0.15, 0.2) is 0 Å². The summed E-state index contributed by atoms with van der Waals surface area (Å²) < 4.78 is 5.35. The molecule has 0 saturated heterocycles. The van der Waals surface area contributed by atoms with Crippen LogP contribution in [0.3, 0.4) is 0 Å². The molecule has 0 radical (unpaired) electrons. The summed E-state index contributed by atoms with van der Waals surface area (Å²) in [4.78, 5) is 4.26. The largest absolute Gasteiger partial charge is 0.481 e. The van der Waals surface area contributed by atoms with E-state index in [0.717, 1.165) is 12.0 Å². The highest BCUT2D eigenvalue weighted by molar-refractivity contribution is 5.50. The lowest BCUT2D eigenvalue weighted by molar-refractivity contribution is 0.384. The molecule has 1 aromatic carbocycles. The van der Waals surface area contributed by atoms with Crippen molar-refractivity contribution in [3.8, 4) is 5.88 Å². The second-order valence-electron chi connectivity index (χ2n) is 5.41. The summed E-state index contributed by atoms with van der Waals surface area (Å²) in [5, 5.41) is 0. The van der Waals surface area contributed by atoms with E-state index in [1.54, 1.807) is 13.3 Å². The second kappa shape index (κ2) is 4.07. The van der Waals surface area contributed by atoms with E-state index in [0.29, 0.717) is 5.88 Å². The van der Waals surface area contributed by atoms with Crippen LogP contribution < -0.4 is 10.5 Å². The number of nitrogens with two attached hydrogens (primary N) is 1. The first-order valence-corrected chi connectivity index (χ1v) is 6.46. The monoisotopic (exact) mass is 254 g/mol. The molecule has 19 heavy (non-hydrogen) atoms. The maximum Gasteiger partial charge on any atom is 0.218 e. The van der Waals surface area contributed by atoms with Gasteiger partial charge in [-0.15, -0.1) is 0 Å². The Morgan fingerprint density at radius 2 is 1.89 bits per heavy atom. The molecule has 1 aliphatic rings. The average molecular weight is 254 g/mol. The molecule has 3 nitrogen and oxygen atoms in total. The van der Waals surface area contributed by atoms with Crippen molar-refractivity contribution in [1.29, 1.82) is 0 Å². The first-order valence-electron chi connectivity index (χ1n) is 6.46. The van der Waals surface area contributed by atoms with Crippen molar-refractivity contribution in [1.82, 2.24) is 4.98 Å². The first kappa shape index (κ1) is 12.2. The van der Waals surface area contributed by atoms with Gasteiger partial charge in [-0.25, -0.2) is 4.98 Å². The third-order valence-electron chi connectivity index (χ3n) is 4.35. The number of hydrogen-bond donors (Lipinski definition) is 1. The van der Waals surface area contributed by atoms with Crippen LogP contribution in [0.15, 0.2) is 48.7 Å². The number of hydrogen-bond acceptors (Lipinski definition) is 3. The molecule has 2 N–H and O–H groups in total. The van der Waals surface area contributed by atoms with E-state index in [1.807, 2.05) is 18.2 Å². The van der Waals surface area contributed by atoms with E-state index in [1.165, 1.54) is 5.56 Å². The van der Waals surface area contributed by atoms with Crippen LogP contribution in [0.25, 0.3) is 0 Å². The zero-order valence-electron chi connectivity index (χ0n) is 11.3. The van der Waals surface area contributed by atoms with Crippen molar-refractivity contribution >= 4 is 0 Å². The van der Waals surface area contributed by atoms with Gasteiger partial charge in [-0.05, 0) is 18.1 Å². The van der Waals surface area contributed by atoms with Crippen molar-refractivity contribution in [2.24, 2.45) is 5.73 Å². The summed E-state index contributed by atoms with van der Waals surface area (Å²) in [6.45, 7) is 2.20. The van der Waals surface area contributed by atoms with Crippen LogP contribution in [-0.4, -0.2) is 12.1 Å². The molecule has 0 bridgehead atoms. The third kappa shape index (κ3) is 1.65. The fourth-order valence-electron chi connectivity index (χ4n) is 2.96. The van der Waals surface area contributed by atoms with E-state index in [4.69, 9.17) is 10.5 Å². The number of nitrogens with zero attached hydrogens (tertiary/aromatic N) is 1. The molecule has 1 aromatic heterocycles. The number of methoxy groups -OCH3 is 1. The van der Waals surface area contributed by atoms with E-state index in [2.05, 4.69) is 36.2 Å². The molecular weight excluding hydrogens is 236 g/mol. The van der Waals surface area contributed by atoms with Gasteiger partial charge in [0.05, 0.1) is 12.6 Å². The van der Waals surface area contributed by atoms with Crippen LogP contribution in [0.5, 0.6) is 5.88 Å². The van der Waals surface area contributed by atoms with E-state index < -0.39 is 5.54 Å². The van der Waals surface area contributed by atoms with Crippen LogP contribution in [0.1, 0.15) is 24.5 Å².